The number of nitrogens with zero attached hydrogens (tertiary/aromatic N) is 1. The number of rotatable bonds is 8. The molecule has 0 saturated carbocycles. The zero-order chi connectivity index (χ0) is 21.0. The second kappa shape index (κ2) is 9.28. The number of piperidine rings is 1. The molecule has 0 spiro atoms. The van der Waals surface area contributed by atoms with Gasteiger partial charge in [-0.15, -0.1) is 0 Å². The number of hydrogen-bond donors (Lipinski definition) is 1. The molecule has 29 heavy (non-hydrogen) atoms. The molecule has 0 radical (unpaired) electrons. The molecule has 1 aliphatic rings. The van der Waals surface area contributed by atoms with Gasteiger partial charge in [0.25, 0.3) is 0 Å². The van der Waals surface area contributed by atoms with Gasteiger partial charge in [0.15, 0.2) is 11.6 Å². The molecule has 0 amide bonds. The standard InChI is InChI=1S/C21H29FN2O4S/c1-4-27-21-6-5-19(12-20(21)22)29(25,26)23-13-17-7-9-24(10-8-17)14-18-11-15(2)28-16(18)3/h5-6,11-12,17,23H,4,7-10,13-14H2,1-3H3. The van der Waals surface area contributed by atoms with E-state index >= 15 is 0 Å². The van der Waals surface area contributed by atoms with E-state index in [2.05, 4.69) is 15.7 Å². The minimum Gasteiger partial charge on any atom is -0.491 e. The van der Waals surface area contributed by atoms with Crippen LogP contribution in [0, 0.1) is 25.6 Å². The summed E-state index contributed by atoms with van der Waals surface area (Å²) in [5.41, 5.74) is 1.21. The first-order valence-electron chi connectivity index (χ1n) is 9.98. The van der Waals surface area contributed by atoms with Crippen molar-refractivity contribution in [3.05, 3.63) is 47.2 Å². The van der Waals surface area contributed by atoms with Crippen LogP contribution in [0.15, 0.2) is 33.6 Å². The highest BCUT2D eigenvalue weighted by Crippen LogP contribution is 2.23. The molecule has 1 N–H and O–H groups in total. The van der Waals surface area contributed by atoms with Crippen LogP contribution in [0.2, 0.25) is 0 Å². The van der Waals surface area contributed by atoms with E-state index in [0.29, 0.717) is 13.2 Å². The van der Waals surface area contributed by atoms with Crippen molar-refractivity contribution in [2.45, 2.75) is 45.1 Å². The predicted molar refractivity (Wildman–Crippen MR) is 109 cm³/mol. The average molecular weight is 425 g/mol. The SMILES string of the molecule is CCOc1ccc(S(=O)(=O)NCC2CCN(Cc3cc(C)oc3C)CC2)cc1F. The molecule has 0 unspecified atom stereocenters. The highest BCUT2D eigenvalue weighted by molar-refractivity contribution is 7.89. The van der Waals surface area contributed by atoms with Gasteiger partial charge in [-0.3, -0.25) is 4.90 Å². The Balaban J connectivity index is 1.50. The summed E-state index contributed by atoms with van der Waals surface area (Å²) in [5, 5.41) is 0. The number of furan rings is 1. The van der Waals surface area contributed by atoms with E-state index in [1.807, 2.05) is 13.8 Å². The van der Waals surface area contributed by atoms with E-state index < -0.39 is 15.8 Å². The Labute approximate surface area is 172 Å². The van der Waals surface area contributed by atoms with Crippen LogP contribution < -0.4 is 9.46 Å². The van der Waals surface area contributed by atoms with Crippen LogP contribution in [-0.2, 0) is 16.6 Å². The van der Waals surface area contributed by atoms with E-state index in [9.17, 15) is 12.8 Å². The van der Waals surface area contributed by atoms with Gasteiger partial charge in [0.05, 0.1) is 11.5 Å². The number of likely N-dealkylation sites (tertiary alicyclic amines) is 1. The van der Waals surface area contributed by atoms with E-state index in [1.165, 1.54) is 17.7 Å². The number of nitrogens with one attached hydrogen (secondary N) is 1. The molecule has 1 aromatic heterocycles. The van der Waals surface area contributed by atoms with Gasteiger partial charge >= 0.3 is 0 Å². The lowest BCUT2D eigenvalue weighted by Gasteiger charge is -2.31. The predicted octanol–water partition coefficient (Wildman–Crippen LogP) is 3.62. The molecule has 2 heterocycles. The Bertz CT molecular complexity index is 934. The normalized spacial score (nSPS) is 16.3. The third kappa shape index (κ3) is 5.58. The number of halogens is 1. The Kier molecular flexibility index (Phi) is 6.97. The summed E-state index contributed by atoms with van der Waals surface area (Å²) < 4.78 is 52.3. The molecule has 1 fully saturated rings. The lowest BCUT2D eigenvalue weighted by atomic mass is 9.97. The fourth-order valence-electron chi connectivity index (χ4n) is 3.66. The van der Waals surface area contributed by atoms with Crippen LogP contribution in [0.4, 0.5) is 4.39 Å². The lowest BCUT2D eigenvalue weighted by molar-refractivity contribution is 0.178. The maximum atomic E-state index is 14.0. The molecule has 3 rings (SSSR count). The van der Waals surface area contributed by atoms with Crippen molar-refractivity contribution >= 4 is 10.0 Å². The summed E-state index contributed by atoms with van der Waals surface area (Å²) in [4.78, 5) is 2.28. The quantitative estimate of drug-likeness (QED) is 0.701. The number of ether oxygens (including phenoxy) is 1. The summed E-state index contributed by atoms with van der Waals surface area (Å²) in [6, 6.07) is 5.80. The first-order valence-corrected chi connectivity index (χ1v) is 11.5. The van der Waals surface area contributed by atoms with E-state index in [0.717, 1.165) is 50.1 Å². The minimum atomic E-state index is -3.75. The molecular formula is C21H29FN2O4S. The van der Waals surface area contributed by atoms with Crippen molar-refractivity contribution in [1.29, 1.82) is 0 Å². The van der Waals surface area contributed by atoms with Crippen molar-refractivity contribution < 1.29 is 22.0 Å². The van der Waals surface area contributed by atoms with Crippen molar-refractivity contribution in [2.24, 2.45) is 5.92 Å². The molecule has 1 aromatic carbocycles. The minimum absolute atomic E-state index is 0.0573. The Morgan fingerprint density at radius 3 is 2.55 bits per heavy atom. The van der Waals surface area contributed by atoms with E-state index in [1.54, 1.807) is 6.92 Å². The average Bonchev–Trinajstić information content (AvgIpc) is 3.00. The van der Waals surface area contributed by atoms with Gasteiger partial charge in [0.1, 0.15) is 11.5 Å². The second-order valence-corrected chi connectivity index (χ2v) is 9.30. The Morgan fingerprint density at radius 1 is 1.24 bits per heavy atom. The molecule has 1 aliphatic heterocycles. The third-order valence-electron chi connectivity index (χ3n) is 5.32. The van der Waals surface area contributed by atoms with Crippen molar-refractivity contribution in [1.82, 2.24) is 9.62 Å². The monoisotopic (exact) mass is 424 g/mol. The molecule has 8 heteroatoms. The molecule has 0 bridgehead atoms. The van der Waals surface area contributed by atoms with Gasteiger partial charge in [-0.1, -0.05) is 0 Å². The Morgan fingerprint density at radius 2 is 1.97 bits per heavy atom. The first kappa shape index (κ1) is 21.8. The zero-order valence-electron chi connectivity index (χ0n) is 17.2. The number of hydrogen-bond acceptors (Lipinski definition) is 5. The summed E-state index contributed by atoms with van der Waals surface area (Å²) in [6.45, 7) is 9.02. The van der Waals surface area contributed by atoms with Crippen LogP contribution in [0.3, 0.4) is 0 Å². The fourth-order valence-corrected chi connectivity index (χ4v) is 4.79. The Hall–Kier alpha value is -1.90. The summed E-state index contributed by atoms with van der Waals surface area (Å²) >= 11 is 0. The molecular weight excluding hydrogens is 395 g/mol. The van der Waals surface area contributed by atoms with Crippen LogP contribution in [-0.4, -0.2) is 39.6 Å². The maximum absolute atomic E-state index is 14.0. The number of aryl methyl sites for hydroxylation is 2. The van der Waals surface area contributed by atoms with Crippen LogP contribution in [0.25, 0.3) is 0 Å². The highest BCUT2D eigenvalue weighted by atomic mass is 32.2. The van der Waals surface area contributed by atoms with Gasteiger partial charge in [-0.25, -0.2) is 17.5 Å². The van der Waals surface area contributed by atoms with Crippen molar-refractivity contribution in [2.75, 3.05) is 26.2 Å². The van der Waals surface area contributed by atoms with Gasteiger partial charge in [0.2, 0.25) is 10.0 Å². The summed E-state index contributed by atoms with van der Waals surface area (Å²) in [5.74, 6) is 1.53. The lowest BCUT2D eigenvalue weighted by Crippen LogP contribution is -2.38. The number of sulfonamides is 1. The van der Waals surface area contributed by atoms with Crippen LogP contribution in [0.5, 0.6) is 5.75 Å². The largest absolute Gasteiger partial charge is 0.491 e. The summed E-state index contributed by atoms with van der Waals surface area (Å²) in [7, 11) is -3.75. The van der Waals surface area contributed by atoms with E-state index in [-0.39, 0.29) is 16.6 Å². The maximum Gasteiger partial charge on any atom is 0.240 e. The second-order valence-electron chi connectivity index (χ2n) is 7.54. The molecule has 0 aliphatic carbocycles. The highest BCUT2D eigenvalue weighted by Gasteiger charge is 2.23. The van der Waals surface area contributed by atoms with Gasteiger partial charge in [-0.05, 0) is 76.9 Å². The van der Waals surface area contributed by atoms with Gasteiger partial charge in [0, 0.05) is 18.7 Å². The third-order valence-corrected chi connectivity index (χ3v) is 6.74. The number of benzene rings is 1. The van der Waals surface area contributed by atoms with Crippen molar-refractivity contribution in [3.8, 4) is 5.75 Å². The molecule has 6 nitrogen and oxygen atoms in total. The van der Waals surface area contributed by atoms with Gasteiger partial charge < -0.3 is 9.15 Å². The molecule has 2 aromatic rings. The van der Waals surface area contributed by atoms with Gasteiger partial charge in [-0.2, -0.15) is 0 Å². The smallest absolute Gasteiger partial charge is 0.240 e. The van der Waals surface area contributed by atoms with Crippen LogP contribution in [0.1, 0.15) is 36.8 Å². The topological polar surface area (TPSA) is 71.8 Å². The summed E-state index contributed by atoms with van der Waals surface area (Å²) in [6.07, 6.45) is 1.83. The first-order chi connectivity index (χ1) is 13.8. The molecule has 0 atom stereocenters. The fraction of sp³-hybridized carbons (Fsp3) is 0.524. The molecule has 1 saturated heterocycles. The van der Waals surface area contributed by atoms with Crippen molar-refractivity contribution in [3.63, 3.8) is 0 Å². The zero-order valence-corrected chi connectivity index (χ0v) is 18.0. The van der Waals surface area contributed by atoms with Crippen LogP contribution >= 0.6 is 0 Å². The molecule has 160 valence electrons. The van der Waals surface area contributed by atoms with E-state index in [4.69, 9.17) is 9.15 Å².